The van der Waals surface area contributed by atoms with Gasteiger partial charge in [0.2, 0.25) is 0 Å². The molecule has 74 valence electrons. The number of nitrogens with zero attached hydrogens (tertiary/aromatic N) is 1. The Kier molecular flexibility index (Phi) is 7.21. The first-order valence-corrected chi connectivity index (χ1v) is 4.53. The van der Waals surface area contributed by atoms with E-state index in [1.807, 2.05) is 12.3 Å². The summed E-state index contributed by atoms with van der Waals surface area (Å²) in [7, 11) is 0. The van der Waals surface area contributed by atoms with E-state index >= 15 is 0 Å². The normalized spacial score (nSPS) is 9.31. The molecule has 0 bridgehead atoms. The molecular weight excluding hydrogens is 160 g/mol. The molecule has 0 amide bonds. The number of pyridine rings is 1. The van der Waals surface area contributed by atoms with Gasteiger partial charge < -0.3 is 5.32 Å². The third-order valence-corrected chi connectivity index (χ3v) is 1.76. The molecule has 0 aromatic carbocycles. The zero-order chi connectivity index (χ0) is 8.65. The lowest BCUT2D eigenvalue weighted by Gasteiger charge is -2.02. The smallest absolute Gasteiger partial charge is 0.0312 e. The quantitative estimate of drug-likeness (QED) is 0.704. The topological polar surface area (TPSA) is 24.9 Å². The predicted molar refractivity (Wildman–Crippen MR) is 57.6 cm³/mol. The molecule has 0 saturated carbocycles. The van der Waals surface area contributed by atoms with E-state index in [2.05, 4.69) is 23.3 Å². The molecule has 0 saturated heterocycles. The van der Waals surface area contributed by atoms with Crippen LogP contribution in [0.5, 0.6) is 0 Å². The van der Waals surface area contributed by atoms with Gasteiger partial charge in [0.15, 0.2) is 0 Å². The molecule has 1 aromatic heterocycles. The fourth-order valence-electron chi connectivity index (χ4n) is 1.04. The van der Waals surface area contributed by atoms with E-state index in [9.17, 15) is 0 Å². The molecule has 1 N–H and O–H groups in total. The van der Waals surface area contributed by atoms with E-state index in [0.717, 1.165) is 13.1 Å². The van der Waals surface area contributed by atoms with E-state index in [1.165, 1.54) is 18.4 Å². The van der Waals surface area contributed by atoms with Gasteiger partial charge in [-0.1, -0.05) is 26.8 Å². The molecule has 0 radical (unpaired) electrons. The number of aromatic nitrogens is 1. The molecule has 0 aliphatic heterocycles. The second-order valence-corrected chi connectivity index (χ2v) is 2.89. The van der Waals surface area contributed by atoms with Gasteiger partial charge in [0.1, 0.15) is 0 Å². The van der Waals surface area contributed by atoms with Crippen LogP contribution in [0, 0.1) is 0 Å². The maximum Gasteiger partial charge on any atom is 0.0312 e. The molecule has 1 aromatic rings. The van der Waals surface area contributed by atoms with Gasteiger partial charge in [0, 0.05) is 18.9 Å². The van der Waals surface area contributed by atoms with E-state index in [1.54, 1.807) is 6.20 Å². The highest BCUT2D eigenvalue weighted by Gasteiger charge is 1.89. The van der Waals surface area contributed by atoms with E-state index in [-0.39, 0.29) is 7.43 Å². The Morgan fingerprint density at radius 2 is 2.31 bits per heavy atom. The summed E-state index contributed by atoms with van der Waals surface area (Å²) in [6.07, 6.45) is 6.20. The molecular formula is C11H20N2. The third-order valence-electron chi connectivity index (χ3n) is 1.76. The van der Waals surface area contributed by atoms with Crippen molar-refractivity contribution >= 4 is 0 Å². The molecule has 13 heavy (non-hydrogen) atoms. The molecule has 0 spiro atoms. The van der Waals surface area contributed by atoms with Crippen molar-refractivity contribution in [3.8, 4) is 0 Å². The van der Waals surface area contributed by atoms with Crippen molar-refractivity contribution in [1.29, 1.82) is 0 Å². The standard InChI is InChI=1S/C10H16N2.CH4/c1-2-3-6-11-8-10-5-4-7-12-9-10;/h4-5,7,9,11H,2-3,6,8H2,1H3;1H4. The molecule has 0 unspecified atom stereocenters. The maximum atomic E-state index is 4.04. The van der Waals surface area contributed by atoms with Crippen LogP contribution in [0.1, 0.15) is 32.8 Å². The van der Waals surface area contributed by atoms with Gasteiger partial charge in [-0.15, -0.1) is 0 Å². The van der Waals surface area contributed by atoms with Gasteiger partial charge in [0.25, 0.3) is 0 Å². The summed E-state index contributed by atoms with van der Waals surface area (Å²) < 4.78 is 0. The van der Waals surface area contributed by atoms with Gasteiger partial charge in [0.05, 0.1) is 0 Å². The first-order chi connectivity index (χ1) is 5.93. The van der Waals surface area contributed by atoms with E-state index in [0.29, 0.717) is 0 Å². The van der Waals surface area contributed by atoms with Gasteiger partial charge in [-0.3, -0.25) is 4.98 Å². The molecule has 0 atom stereocenters. The largest absolute Gasteiger partial charge is 0.313 e. The van der Waals surface area contributed by atoms with Crippen molar-refractivity contribution in [1.82, 2.24) is 10.3 Å². The van der Waals surface area contributed by atoms with Gasteiger partial charge >= 0.3 is 0 Å². The Hall–Kier alpha value is -0.890. The van der Waals surface area contributed by atoms with Crippen molar-refractivity contribution in [2.24, 2.45) is 0 Å². The number of nitrogens with one attached hydrogen (secondary N) is 1. The van der Waals surface area contributed by atoms with Crippen LogP contribution in [0.15, 0.2) is 24.5 Å². The highest BCUT2D eigenvalue weighted by Crippen LogP contribution is 1.94. The molecule has 1 rings (SSSR count). The Balaban J connectivity index is 0.00000144. The summed E-state index contributed by atoms with van der Waals surface area (Å²) in [5.74, 6) is 0. The monoisotopic (exact) mass is 180 g/mol. The van der Waals surface area contributed by atoms with Crippen molar-refractivity contribution in [2.75, 3.05) is 6.54 Å². The fourth-order valence-corrected chi connectivity index (χ4v) is 1.04. The number of unbranched alkanes of at least 4 members (excludes halogenated alkanes) is 1. The Morgan fingerprint density at radius 1 is 1.46 bits per heavy atom. The summed E-state index contributed by atoms with van der Waals surface area (Å²) in [4.78, 5) is 4.04. The molecule has 2 heteroatoms. The van der Waals surface area contributed by atoms with Crippen LogP contribution in [0.25, 0.3) is 0 Å². The zero-order valence-corrected chi connectivity index (χ0v) is 7.59. The fraction of sp³-hybridized carbons (Fsp3) is 0.545. The minimum absolute atomic E-state index is 0. The number of hydrogen-bond acceptors (Lipinski definition) is 2. The average molecular weight is 180 g/mol. The summed E-state index contributed by atoms with van der Waals surface area (Å²) in [5.41, 5.74) is 1.26. The lowest BCUT2D eigenvalue weighted by Crippen LogP contribution is -2.14. The van der Waals surface area contributed by atoms with Crippen LogP contribution in [0.2, 0.25) is 0 Å². The van der Waals surface area contributed by atoms with Crippen molar-refractivity contribution in [3.05, 3.63) is 30.1 Å². The predicted octanol–water partition coefficient (Wildman–Crippen LogP) is 2.61. The Labute approximate surface area is 81.4 Å². The van der Waals surface area contributed by atoms with Crippen molar-refractivity contribution in [3.63, 3.8) is 0 Å². The Morgan fingerprint density at radius 3 is 2.92 bits per heavy atom. The Bertz CT molecular complexity index is 197. The van der Waals surface area contributed by atoms with Crippen molar-refractivity contribution < 1.29 is 0 Å². The van der Waals surface area contributed by atoms with Crippen LogP contribution in [0.3, 0.4) is 0 Å². The first-order valence-electron chi connectivity index (χ1n) is 4.53. The lowest BCUT2D eigenvalue weighted by molar-refractivity contribution is 0.640. The van der Waals surface area contributed by atoms with Crippen molar-refractivity contribution in [2.45, 2.75) is 33.7 Å². The summed E-state index contributed by atoms with van der Waals surface area (Å²) in [6, 6.07) is 4.06. The molecule has 1 heterocycles. The number of rotatable bonds is 5. The van der Waals surface area contributed by atoms with Crippen LogP contribution in [-0.2, 0) is 6.54 Å². The first kappa shape index (κ1) is 12.1. The van der Waals surface area contributed by atoms with E-state index in [4.69, 9.17) is 0 Å². The molecule has 0 aliphatic carbocycles. The average Bonchev–Trinajstić information content (AvgIpc) is 2.14. The van der Waals surface area contributed by atoms with Crippen LogP contribution >= 0.6 is 0 Å². The summed E-state index contributed by atoms with van der Waals surface area (Å²) in [6.45, 7) is 4.24. The second-order valence-electron chi connectivity index (χ2n) is 2.89. The zero-order valence-electron chi connectivity index (χ0n) is 7.59. The minimum Gasteiger partial charge on any atom is -0.313 e. The second kappa shape index (κ2) is 7.74. The van der Waals surface area contributed by atoms with Crippen LogP contribution in [0.4, 0.5) is 0 Å². The van der Waals surface area contributed by atoms with Gasteiger partial charge in [-0.2, -0.15) is 0 Å². The minimum atomic E-state index is 0. The highest BCUT2D eigenvalue weighted by molar-refractivity contribution is 5.07. The molecule has 0 fully saturated rings. The van der Waals surface area contributed by atoms with Crippen LogP contribution < -0.4 is 5.32 Å². The summed E-state index contributed by atoms with van der Waals surface area (Å²) in [5, 5.41) is 3.36. The highest BCUT2D eigenvalue weighted by atomic mass is 14.8. The van der Waals surface area contributed by atoms with E-state index < -0.39 is 0 Å². The summed E-state index contributed by atoms with van der Waals surface area (Å²) >= 11 is 0. The number of hydrogen-bond donors (Lipinski definition) is 1. The van der Waals surface area contributed by atoms with Gasteiger partial charge in [-0.05, 0) is 24.6 Å². The van der Waals surface area contributed by atoms with Crippen LogP contribution in [-0.4, -0.2) is 11.5 Å². The third kappa shape index (κ3) is 5.36. The lowest BCUT2D eigenvalue weighted by atomic mass is 10.3. The molecule has 2 nitrogen and oxygen atoms in total. The van der Waals surface area contributed by atoms with Gasteiger partial charge in [-0.25, -0.2) is 0 Å². The maximum absolute atomic E-state index is 4.04. The molecule has 0 aliphatic rings. The SMILES string of the molecule is C.CCCCNCc1cccnc1.